The quantitative estimate of drug-likeness (QED) is 0.324. The molecular formula is C28H34N2O6. The van der Waals surface area contributed by atoms with E-state index in [0.717, 1.165) is 25.2 Å². The first-order valence-electron chi connectivity index (χ1n) is 12.4. The molecule has 1 atom stereocenters. The van der Waals surface area contributed by atoms with Crippen LogP contribution in [0.5, 0.6) is 11.5 Å². The molecule has 2 heterocycles. The van der Waals surface area contributed by atoms with Gasteiger partial charge in [0.15, 0.2) is 0 Å². The summed E-state index contributed by atoms with van der Waals surface area (Å²) in [5.41, 5.74) is 2.02. The predicted octanol–water partition coefficient (Wildman–Crippen LogP) is 3.55. The summed E-state index contributed by atoms with van der Waals surface area (Å²) >= 11 is 0. The van der Waals surface area contributed by atoms with Crippen molar-refractivity contribution in [2.24, 2.45) is 0 Å². The number of ketones is 1. The minimum absolute atomic E-state index is 0.0723. The Balaban J connectivity index is 1.73. The summed E-state index contributed by atoms with van der Waals surface area (Å²) in [6.07, 6.45) is 0.696. The number of aliphatic hydroxyl groups excluding tert-OH is 1. The average molecular weight is 495 g/mol. The molecule has 8 heteroatoms. The monoisotopic (exact) mass is 494 g/mol. The molecule has 36 heavy (non-hydrogen) atoms. The summed E-state index contributed by atoms with van der Waals surface area (Å²) in [7, 11) is 1.58. The highest BCUT2D eigenvalue weighted by Crippen LogP contribution is 2.43. The standard InChI is InChI=1S/C28H34N2O6/c1-4-36-23-9-6-5-8-21(23)25-24(26(31)20-10-11-22(34-3)19(2)18-20)27(32)28(33)30(25)13-7-12-29-14-16-35-17-15-29/h5-6,8-11,18,25,31H,4,7,12-17H2,1-3H3/t25-/m0/s1. The number of benzene rings is 2. The number of Topliss-reactive ketones (excluding diaryl/α,β-unsaturated/α-hetero) is 1. The number of para-hydroxylation sites is 1. The van der Waals surface area contributed by atoms with Crippen molar-refractivity contribution in [2.75, 3.05) is 53.1 Å². The Morgan fingerprint density at radius 1 is 1.08 bits per heavy atom. The van der Waals surface area contributed by atoms with Crippen LogP contribution in [0, 0.1) is 6.92 Å². The van der Waals surface area contributed by atoms with Gasteiger partial charge in [0.1, 0.15) is 17.3 Å². The van der Waals surface area contributed by atoms with Gasteiger partial charge in [-0.2, -0.15) is 0 Å². The molecule has 2 saturated heterocycles. The Hall–Kier alpha value is -3.36. The number of nitrogens with zero attached hydrogens (tertiary/aromatic N) is 2. The molecule has 8 nitrogen and oxygen atoms in total. The molecule has 0 aliphatic carbocycles. The molecule has 2 aliphatic rings. The lowest BCUT2D eigenvalue weighted by Gasteiger charge is -2.29. The fourth-order valence-corrected chi connectivity index (χ4v) is 4.90. The Labute approximate surface area is 212 Å². The number of hydrogen-bond donors (Lipinski definition) is 1. The van der Waals surface area contributed by atoms with Crippen LogP contribution in [-0.2, 0) is 14.3 Å². The number of morpholine rings is 1. The van der Waals surface area contributed by atoms with Gasteiger partial charge in [-0.15, -0.1) is 0 Å². The molecule has 4 rings (SSSR count). The zero-order chi connectivity index (χ0) is 25.7. The number of carbonyl (C=O) groups is 2. The lowest BCUT2D eigenvalue weighted by atomic mass is 9.94. The van der Waals surface area contributed by atoms with Gasteiger partial charge in [-0.1, -0.05) is 18.2 Å². The molecule has 2 aromatic carbocycles. The minimum atomic E-state index is -0.750. The van der Waals surface area contributed by atoms with Crippen molar-refractivity contribution in [1.29, 1.82) is 0 Å². The zero-order valence-corrected chi connectivity index (χ0v) is 21.2. The van der Waals surface area contributed by atoms with E-state index in [1.807, 2.05) is 38.1 Å². The summed E-state index contributed by atoms with van der Waals surface area (Å²) in [6, 6.07) is 11.8. The summed E-state index contributed by atoms with van der Waals surface area (Å²) < 4.78 is 16.6. The number of likely N-dealkylation sites (tertiary alicyclic amines) is 1. The molecule has 0 bridgehead atoms. The zero-order valence-electron chi connectivity index (χ0n) is 21.2. The number of ether oxygens (including phenoxy) is 3. The topological polar surface area (TPSA) is 88.5 Å². The van der Waals surface area contributed by atoms with Crippen LogP contribution in [0.1, 0.15) is 36.1 Å². The van der Waals surface area contributed by atoms with Crippen molar-refractivity contribution in [3.8, 4) is 11.5 Å². The molecule has 1 N–H and O–H groups in total. The van der Waals surface area contributed by atoms with Crippen LogP contribution in [0.25, 0.3) is 5.76 Å². The highest BCUT2D eigenvalue weighted by molar-refractivity contribution is 6.46. The van der Waals surface area contributed by atoms with Gasteiger partial charge in [0.25, 0.3) is 11.7 Å². The summed E-state index contributed by atoms with van der Waals surface area (Å²) in [4.78, 5) is 30.5. The fourth-order valence-electron chi connectivity index (χ4n) is 4.90. The van der Waals surface area contributed by atoms with Gasteiger partial charge in [0.2, 0.25) is 0 Å². The normalized spacial score (nSPS) is 20.1. The molecular weight excluding hydrogens is 460 g/mol. The maximum atomic E-state index is 13.4. The van der Waals surface area contributed by atoms with Gasteiger partial charge in [-0.05, 0) is 50.1 Å². The molecule has 1 amide bonds. The maximum Gasteiger partial charge on any atom is 0.295 e. The van der Waals surface area contributed by atoms with E-state index in [4.69, 9.17) is 14.2 Å². The van der Waals surface area contributed by atoms with Gasteiger partial charge in [-0.25, -0.2) is 0 Å². The SMILES string of the molecule is CCOc1ccccc1[C@H]1C(=C(O)c2ccc(OC)c(C)c2)C(=O)C(=O)N1CCCN1CCOCC1. The fraction of sp³-hybridized carbons (Fsp3) is 0.429. The molecule has 0 spiro atoms. The Morgan fingerprint density at radius 3 is 2.53 bits per heavy atom. The van der Waals surface area contributed by atoms with E-state index in [2.05, 4.69) is 4.90 Å². The number of rotatable bonds is 9. The van der Waals surface area contributed by atoms with Gasteiger partial charge in [0, 0.05) is 37.3 Å². The van der Waals surface area contributed by atoms with Gasteiger partial charge in [-0.3, -0.25) is 14.5 Å². The molecule has 0 radical (unpaired) electrons. The van der Waals surface area contributed by atoms with Crippen LogP contribution in [0.3, 0.4) is 0 Å². The van der Waals surface area contributed by atoms with Crippen molar-refractivity contribution < 1.29 is 28.9 Å². The van der Waals surface area contributed by atoms with Crippen LogP contribution >= 0.6 is 0 Å². The molecule has 192 valence electrons. The highest BCUT2D eigenvalue weighted by Gasteiger charge is 2.46. The van der Waals surface area contributed by atoms with E-state index >= 15 is 0 Å². The number of hydrogen-bond acceptors (Lipinski definition) is 7. The summed E-state index contributed by atoms with van der Waals surface area (Å²) in [6.45, 7) is 8.47. The van der Waals surface area contributed by atoms with Crippen LogP contribution in [-0.4, -0.2) is 79.7 Å². The third kappa shape index (κ3) is 5.24. The number of amides is 1. The number of aryl methyl sites for hydroxylation is 1. The average Bonchev–Trinajstić information content (AvgIpc) is 3.14. The van der Waals surface area contributed by atoms with E-state index < -0.39 is 17.7 Å². The van der Waals surface area contributed by atoms with Crippen LogP contribution in [0.4, 0.5) is 0 Å². The molecule has 2 fully saturated rings. The predicted molar refractivity (Wildman–Crippen MR) is 136 cm³/mol. The Morgan fingerprint density at radius 2 is 1.83 bits per heavy atom. The maximum absolute atomic E-state index is 13.4. The third-order valence-electron chi connectivity index (χ3n) is 6.70. The molecule has 0 saturated carbocycles. The van der Waals surface area contributed by atoms with Crippen molar-refractivity contribution in [1.82, 2.24) is 9.80 Å². The largest absolute Gasteiger partial charge is 0.507 e. The summed E-state index contributed by atoms with van der Waals surface area (Å²) in [5, 5.41) is 11.4. The molecule has 2 aromatic rings. The minimum Gasteiger partial charge on any atom is -0.507 e. The Kier molecular flexibility index (Phi) is 8.28. The van der Waals surface area contributed by atoms with E-state index in [1.165, 1.54) is 0 Å². The smallest absolute Gasteiger partial charge is 0.295 e. The molecule has 0 aromatic heterocycles. The second-order valence-electron chi connectivity index (χ2n) is 8.96. The lowest BCUT2D eigenvalue weighted by Crippen LogP contribution is -2.39. The van der Waals surface area contributed by atoms with Gasteiger partial charge in [0.05, 0.1) is 38.5 Å². The first kappa shape index (κ1) is 25.7. The van der Waals surface area contributed by atoms with Crippen LogP contribution in [0.2, 0.25) is 0 Å². The lowest BCUT2D eigenvalue weighted by molar-refractivity contribution is -0.140. The number of aliphatic hydroxyl groups is 1. The summed E-state index contributed by atoms with van der Waals surface area (Å²) in [5.74, 6) is -0.245. The van der Waals surface area contributed by atoms with E-state index in [-0.39, 0.29) is 11.3 Å². The van der Waals surface area contributed by atoms with Crippen LogP contribution < -0.4 is 9.47 Å². The second-order valence-corrected chi connectivity index (χ2v) is 8.96. The third-order valence-corrected chi connectivity index (χ3v) is 6.70. The Bertz CT molecular complexity index is 1140. The number of carbonyl (C=O) groups excluding carboxylic acids is 2. The van der Waals surface area contributed by atoms with Crippen molar-refractivity contribution in [3.05, 3.63) is 64.7 Å². The van der Waals surface area contributed by atoms with Crippen LogP contribution in [0.15, 0.2) is 48.0 Å². The number of methoxy groups -OCH3 is 1. The van der Waals surface area contributed by atoms with Gasteiger partial charge < -0.3 is 24.2 Å². The van der Waals surface area contributed by atoms with E-state index in [0.29, 0.717) is 55.4 Å². The first-order valence-corrected chi connectivity index (χ1v) is 12.4. The van der Waals surface area contributed by atoms with Crippen molar-refractivity contribution in [3.63, 3.8) is 0 Å². The molecule has 2 aliphatic heterocycles. The van der Waals surface area contributed by atoms with E-state index in [9.17, 15) is 14.7 Å². The first-order chi connectivity index (χ1) is 17.5. The highest BCUT2D eigenvalue weighted by atomic mass is 16.5. The van der Waals surface area contributed by atoms with Crippen molar-refractivity contribution >= 4 is 17.4 Å². The molecule has 0 unspecified atom stereocenters. The van der Waals surface area contributed by atoms with E-state index in [1.54, 1.807) is 30.2 Å². The van der Waals surface area contributed by atoms with Gasteiger partial charge >= 0.3 is 0 Å². The second kappa shape index (κ2) is 11.6. The van der Waals surface area contributed by atoms with Crippen molar-refractivity contribution in [2.45, 2.75) is 26.3 Å².